The molecule has 5 N–H and O–H groups in total. The van der Waals surface area contributed by atoms with Gasteiger partial charge in [-0.1, -0.05) is 44.2 Å². The first-order valence-electron chi connectivity index (χ1n) is 9.16. The minimum atomic E-state index is -1.28. The molecule has 8 nitrogen and oxygen atoms in total. The molecule has 2 atom stereocenters. The first-order chi connectivity index (χ1) is 12.9. The molecule has 2 amide bonds. The fraction of sp³-hybridized carbons (Fsp3) is 0.474. The van der Waals surface area contributed by atoms with Gasteiger partial charge in [0.2, 0.25) is 0 Å². The number of carbonyl (C=O) groups is 2. The van der Waals surface area contributed by atoms with E-state index in [0.717, 1.165) is 24.1 Å². The van der Waals surface area contributed by atoms with Crippen LogP contribution in [0.2, 0.25) is 0 Å². The molecule has 1 heterocycles. The van der Waals surface area contributed by atoms with Crippen LogP contribution in [0.3, 0.4) is 0 Å². The SMILES string of the molecule is CC(C)[C@H](NC(=O)O)C(=O)N(O)CCCCC1NC=C(c2ccccc2)N1. The average molecular weight is 376 g/mol. The molecule has 0 bridgehead atoms. The largest absolute Gasteiger partial charge is 0.465 e. The molecule has 0 fully saturated rings. The first-order valence-corrected chi connectivity index (χ1v) is 9.16. The molecular weight excluding hydrogens is 348 g/mol. The topological polar surface area (TPSA) is 114 Å². The number of amides is 2. The van der Waals surface area contributed by atoms with Crippen LogP contribution in [0.15, 0.2) is 36.5 Å². The summed E-state index contributed by atoms with van der Waals surface area (Å²) in [6, 6.07) is 9.07. The fourth-order valence-electron chi connectivity index (χ4n) is 2.92. The lowest BCUT2D eigenvalue weighted by Gasteiger charge is -2.24. The quantitative estimate of drug-likeness (QED) is 0.256. The van der Waals surface area contributed by atoms with Crippen LogP contribution in [0.5, 0.6) is 0 Å². The van der Waals surface area contributed by atoms with Gasteiger partial charge in [0.05, 0.1) is 11.9 Å². The summed E-state index contributed by atoms with van der Waals surface area (Å²) in [4.78, 5) is 23.0. The molecule has 0 radical (unpaired) electrons. The highest BCUT2D eigenvalue weighted by molar-refractivity contribution is 5.84. The number of carbonyl (C=O) groups excluding carboxylic acids is 1. The Hall–Kier alpha value is -2.74. The zero-order valence-electron chi connectivity index (χ0n) is 15.7. The lowest BCUT2D eigenvalue weighted by molar-refractivity contribution is -0.169. The van der Waals surface area contributed by atoms with Gasteiger partial charge in [-0.05, 0) is 30.7 Å². The molecule has 1 aromatic carbocycles. The number of hydrogen-bond donors (Lipinski definition) is 5. The summed E-state index contributed by atoms with van der Waals surface area (Å²) >= 11 is 0. The molecule has 2 rings (SSSR count). The van der Waals surface area contributed by atoms with Gasteiger partial charge in [-0.2, -0.15) is 0 Å². The van der Waals surface area contributed by atoms with E-state index in [1.54, 1.807) is 13.8 Å². The summed E-state index contributed by atoms with van der Waals surface area (Å²) in [7, 11) is 0. The summed E-state index contributed by atoms with van der Waals surface area (Å²) in [6.45, 7) is 3.61. The Bertz CT molecular complexity index is 663. The summed E-state index contributed by atoms with van der Waals surface area (Å²) in [6.07, 6.45) is 3.02. The molecule has 1 aliphatic heterocycles. The minimum absolute atomic E-state index is 0.111. The van der Waals surface area contributed by atoms with Crippen molar-refractivity contribution in [3.8, 4) is 0 Å². The van der Waals surface area contributed by atoms with Crippen LogP contribution < -0.4 is 16.0 Å². The Morgan fingerprint density at radius 1 is 1.22 bits per heavy atom. The number of carboxylic acid groups (broad SMARTS) is 1. The molecular formula is C19H28N4O4. The fourth-order valence-corrected chi connectivity index (χ4v) is 2.92. The van der Waals surface area contributed by atoms with E-state index >= 15 is 0 Å². The van der Waals surface area contributed by atoms with Gasteiger partial charge in [0.15, 0.2) is 0 Å². The Morgan fingerprint density at radius 2 is 1.93 bits per heavy atom. The molecule has 0 aromatic heterocycles. The molecule has 0 saturated carbocycles. The highest BCUT2D eigenvalue weighted by atomic mass is 16.5. The molecule has 0 aliphatic carbocycles. The van der Waals surface area contributed by atoms with Crippen LogP contribution in [0.25, 0.3) is 5.70 Å². The normalized spacial score (nSPS) is 16.9. The number of hydrogen-bond acceptors (Lipinski definition) is 5. The second-order valence-corrected chi connectivity index (χ2v) is 6.92. The first kappa shape index (κ1) is 20.6. The standard InChI is InChI=1S/C19H28N4O4/c1-13(2)17(22-19(25)26)18(24)23(27)11-7-6-10-16-20-12-15(21-16)14-8-4-3-5-9-14/h3-5,8-9,12-13,16-17,20-22,27H,6-7,10-11H2,1-2H3,(H,25,26)/t16?,17-/m0/s1. The van der Waals surface area contributed by atoms with Gasteiger partial charge in [0, 0.05) is 12.7 Å². The molecule has 27 heavy (non-hydrogen) atoms. The second kappa shape index (κ2) is 9.82. The van der Waals surface area contributed by atoms with Crippen molar-refractivity contribution in [1.82, 2.24) is 21.0 Å². The van der Waals surface area contributed by atoms with Gasteiger partial charge in [-0.3, -0.25) is 10.0 Å². The van der Waals surface area contributed by atoms with Crippen LogP contribution >= 0.6 is 0 Å². The van der Waals surface area contributed by atoms with Crippen molar-refractivity contribution >= 4 is 17.7 Å². The van der Waals surface area contributed by atoms with E-state index in [-0.39, 0.29) is 18.6 Å². The highest BCUT2D eigenvalue weighted by Crippen LogP contribution is 2.16. The molecule has 1 aliphatic rings. The highest BCUT2D eigenvalue weighted by Gasteiger charge is 2.28. The van der Waals surface area contributed by atoms with E-state index in [2.05, 4.69) is 16.0 Å². The van der Waals surface area contributed by atoms with Gasteiger partial charge < -0.3 is 21.1 Å². The van der Waals surface area contributed by atoms with E-state index < -0.39 is 18.0 Å². The third kappa shape index (κ3) is 6.18. The predicted molar refractivity (Wildman–Crippen MR) is 102 cm³/mol. The third-order valence-corrected chi connectivity index (χ3v) is 4.42. The summed E-state index contributed by atoms with van der Waals surface area (Å²) in [5.41, 5.74) is 2.16. The van der Waals surface area contributed by atoms with Crippen LogP contribution in [0.4, 0.5) is 4.79 Å². The maximum atomic E-state index is 12.2. The maximum absolute atomic E-state index is 12.2. The van der Waals surface area contributed by atoms with Gasteiger partial charge in [0.1, 0.15) is 6.04 Å². The lowest BCUT2D eigenvalue weighted by atomic mass is 10.0. The van der Waals surface area contributed by atoms with Crippen molar-refractivity contribution in [1.29, 1.82) is 0 Å². The van der Waals surface area contributed by atoms with Crippen molar-refractivity contribution < 1.29 is 19.9 Å². The van der Waals surface area contributed by atoms with Crippen molar-refractivity contribution in [3.05, 3.63) is 42.1 Å². The van der Waals surface area contributed by atoms with Crippen molar-refractivity contribution in [3.63, 3.8) is 0 Å². The van der Waals surface area contributed by atoms with Crippen LogP contribution in [0, 0.1) is 5.92 Å². The number of rotatable bonds is 9. The minimum Gasteiger partial charge on any atom is -0.465 e. The van der Waals surface area contributed by atoms with Crippen molar-refractivity contribution in [2.24, 2.45) is 5.92 Å². The Morgan fingerprint density at radius 3 is 2.56 bits per heavy atom. The van der Waals surface area contributed by atoms with Gasteiger partial charge in [-0.15, -0.1) is 0 Å². The van der Waals surface area contributed by atoms with Crippen LogP contribution in [0.1, 0.15) is 38.7 Å². The second-order valence-electron chi connectivity index (χ2n) is 6.92. The monoisotopic (exact) mass is 376 g/mol. The van der Waals surface area contributed by atoms with Gasteiger partial charge >= 0.3 is 6.09 Å². The number of unbranched alkanes of at least 4 members (excludes halogenated alkanes) is 1. The number of benzene rings is 1. The molecule has 1 aromatic rings. The molecule has 0 saturated heterocycles. The molecule has 148 valence electrons. The smallest absolute Gasteiger partial charge is 0.405 e. The Labute approximate surface area is 159 Å². The van der Waals surface area contributed by atoms with E-state index in [1.807, 2.05) is 36.5 Å². The lowest BCUT2D eigenvalue weighted by Crippen LogP contribution is -2.50. The number of nitrogens with one attached hydrogen (secondary N) is 3. The number of hydroxylamine groups is 2. The van der Waals surface area contributed by atoms with Crippen LogP contribution in [-0.2, 0) is 4.79 Å². The predicted octanol–water partition coefficient (Wildman–Crippen LogP) is 2.18. The summed E-state index contributed by atoms with van der Waals surface area (Å²) < 4.78 is 0. The van der Waals surface area contributed by atoms with E-state index in [1.165, 1.54) is 0 Å². The molecule has 0 spiro atoms. The zero-order chi connectivity index (χ0) is 19.8. The average Bonchev–Trinajstić information content (AvgIpc) is 3.12. The maximum Gasteiger partial charge on any atom is 0.405 e. The van der Waals surface area contributed by atoms with E-state index in [0.29, 0.717) is 11.5 Å². The van der Waals surface area contributed by atoms with Crippen molar-refractivity contribution in [2.75, 3.05) is 6.54 Å². The zero-order valence-corrected chi connectivity index (χ0v) is 15.7. The Kier molecular flexibility index (Phi) is 7.48. The van der Waals surface area contributed by atoms with Gasteiger partial charge in [-0.25, -0.2) is 9.86 Å². The van der Waals surface area contributed by atoms with Gasteiger partial charge in [0.25, 0.3) is 5.91 Å². The van der Waals surface area contributed by atoms with E-state index in [9.17, 15) is 14.8 Å². The molecule has 1 unspecified atom stereocenters. The molecule has 8 heteroatoms. The Balaban J connectivity index is 1.69. The van der Waals surface area contributed by atoms with Crippen LogP contribution in [-0.4, -0.2) is 46.1 Å². The summed E-state index contributed by atoms with van der Waals surface area (Å²) in [5.74, 6) is -0.879. The third-order valence-electron chi connectivity index (χ3n) is 4.42. The number of nitrogens with zero attached hydrogens (tertiary/aromatic N) is 1. The van der Waals surface area contributed by atoms with Crippen molar-refractivity contribution in [2.45, 2.75) is 45.3 Å². The van der Waals surface area contributed by atoms with E-state index in [4.69, 9.17) is 5.11 Å². The summed E-state index contributed by atoms with van der Waals surface area (Å²) in [5, 5.41) is 28.2.